The fourth-order valence-electron chi connectivity index (χ4n) is 2.74. The normalized spacial score (nSPS) is 12.0. The summed E-state index contributed by atoms with van der Waals surface area (Å²) in [4.78, 5) is 11.9. The molecule has 27 heavy (non-hydrogen) atoms. The van der Waals surface area contributed by atoms with Crippen LogP contribution < -0.4 is 0 Å². The van der Waals surface area contributed by atoms with Crippen LogP contribution in [0.4, 0.5) is 13.2 Å². The molecule has 0 aliphatic heterocycles. The highest BCUT2D eigenvalue weighted by molar-refractivity contribution is 5.92. The van der Waals surface area contributed by atoms with Crippen molar-refractivity contribution >= 4 is 10.9 Å². The van der Waals surface area contributed by atoms with Crippen molar-refractivity contribution in [1.29, 1.82) is 0 Å². The van der Waals surface area contributed by atoms with Crippen LogP contribution >= 0.6 is 0 Å². The molecule has 0 bridgehead atoms. The lowest BCUT2D eigenvalue weighted by molar-refractivity contribution is -0.144. The molecule has 0 atom stereocenters. The first-order chi connectivity index (χ1) is 12.8. The molecule has 0 unspecified atom stereocenters. The Kier molecular flexibility index (Phi) is 3.90. The van der Waals surface area contributed by atoms with Gasteiger partial charge in [0.2, 0.25) is 11.6 Å². The Labute approximate surface area is 151 Å². The highest BCUT2D eigenvalue weighted by Crippen LogP contribution is 2.30. The van der Waals surface area contributed by atoms with Crippen molar-refractivity contribution in [2.45, 2.75) is 26.6 Å². The van der Waals surface area contributed by atoms with Crippen LogP contribution in [-0.2, 0) is 12.7 Å². The second kappa shape index (κ2) is 6.15. The fraction of sp³-hybridized carbons (Fsp3) is 0.235. The number of nitrogens with zero attached hydrogens (tertiary/aromatic N) is 6. The number of hydrogen-bond donors (Lipinski definition) is 1. The van der Waals surface area contributed by atoms with Crippen LogP contribution in [0.5, 0.6) is 0 Å². The van der Waals surface area contributed by atoms with Gasteiger partial charge in [-0.2, -0.15) is 23.4 Å². The van der Waals surface area contributed by atoms with E-state index in [0.717, 1.165) is 16.6 Å². The number of H-pyrrole nitrogens is 1. The summed E-state index contributed by atoms with van der Waals surface area (Å²) < 4.78 is 40.2. The maximum absolute atomic E-state index is 12.8. The Morgan fingerprint density at radius 2 is 1.85 bits per heavy atom. The van der Waals surface area contributed by atoms with E-state index in [2.05, 4.69) is 25.1 Å². The molecular weight excluding hydrogens is 359 g/mol. The van der Waals surface area contributed by atoms with Crippen molar-refractivity contribution in [2.75, 3.05) is 0 Å². The summed E-state index contributed by atoms with van der Waals surface area (Å²) >= 11 is 0. The Morgan fingerprint density at radius 3 is 2.52 bits per heavy atom. The molecule has 1 N–H and O–H groups in total. The molecule has 4 rings (SSSR count). The number of halogens is 3. The molecule has 3 aromatic heterocycles. The molecule has 1 aromatic carbocycles. The first-order valence-electron chi connectivity index (χ1n) is 8.06. The second-order valence-electron chi connectivity index (χ2n) is 6.17. The highest BCUT2D eigenvalue weighted by Gasteiger charge is 2.35. The number of hydrogen-bond acceptors (Lipinski definition) is 5. The molecular formula is C17H14F3N7. The number of rotatable bonds is 3. The van der Waals surface area contributed by atoms with Gasteiger partial charge in [-0.1, -0.05) is 12.1 Å². The standard InChI is InChI=1S/C17H14F3N7/c1-9-3-4-12-13(5-9)27(8-11-6-21-10(2)22-7-11)26-14(12)15-23-16(25-24-15)17(18,19)20/h3-7H,8H2,1-2H3,(H,23,24,25). The number of aromatic nitrogens is 7. The zero-order valence-corrected chi connectivity index (χ0v) is 14.4. The van der Waals surface area contributed by atoms with Gasteiger partial charge < -0.3 is 0 Å². The summed E-state index contributed by atoms with van der Waals surface area (Å²) in [6.07, 6.45) is -1.21. The predicted molar refractivity (Wildman–Crippen MR) is 90.7 cm³/mol. The van der Waals surface area contributed by atoms with Crippen LogP contribution in [-0.4, -0.2) is 34.9 Å². The van der Waals surface area contributed by atoms with Gasteiger partial charge in [0.05, 0.1) is 12.1 Å². The van der Waals surface area contributed by atoms with Gasteiger partial charge >= 0.3 is 6.18 Å². The van der Waals surface area contributed by atoms with Gasteiger partial charge in [-0.3, -0.25) is 9.78 Å². The summed E-state index contributed by atoms with van der Waals surface area (Å²) in [6.45, 7) is 4.09. The highest BCUT2D eigenvalue weighted by atomic mass is 19.4. The lowest BCUT2D eigenvalue weighted by Crippen LogP contribution is -2.07. The third kappa shape index (κ3) is 3.25. The molecule has 0 aliphatic carbocycles. The lowest BCUT2D eigenvalue weighted by atomic mass is 10.1. The molecule has 4 aromatic rings. The molecule has 10 heteroatoms. The molecule has 3 heterocycles. The maximum Gasteiger partial charge on any atom is 0.451 e. The van der Waals surface area contributed by atoms with Gasteiger partial charge in [0.1, 0.15) is 11.5 Å². The van der Waals surface area contributed by atoms with Crippen molar-refractivity contribution in [3.05, 3.63) is 53.4 Å². The van der Waals surface area contributed by atoms with Crippen LogP contribution in [0, 0.1) is 13.8 Å². The molecule has 0 radical (unpaired) electrons. The number of benzene rings is 1. The monoisotopic (exact) mass is 373 g/mol. The van der Waals surface area contributed by atoms with E-state index in [1.165, 1.54) is 0 Å². The molecule has 0 aliphatic rings. The van der Waals surface area contributed by atoms with Gasteiger partial charge in [0, 0.05) is 23.3 Å². The Balaban J connectivity index is 1.82. The minimum Gasteiger partial charge on any atom is -0.260 e. The van der Waals surface area contributed by atoms with Crippen LogP contribution in [0.2, 0.25) is 0 Å². The number of nitrogens with one attached hydrogen (secondary N) is 1. The van der Waals surface area contributed by atoms with Gasteiger partial charge in [-0.15, -0.1) is 0 Å². The van der Waals surface area contributed by atoms with E-state index >= 15 is 0 Å². The van der Waals surface area contributed by atoms with Crippen molar-refractivity contribution in [1.82, 2.24) is 34.9 Å². The molecule has 0 spiro atoms. The van der Waals surface area contributed by atoms with Crippen LogP contribution in [0.15, 0.2) is 30.6 Å². The van der Waals surface area contributed by atoms with Crippen molar-refractivity contribution in [3.8, 4) is 11.5 Å². The summed E-state index contributed by atoms with van der Waals surface area (Å²) in [5, 5.41) is 10.8. The molecule has 7 nitrogen and oxygen atoms in total. The lowest BCUT2D eigenvalue weighted by Gasteiger charge is -2.04. The van der Waals surface area contributed by atoms with E-state index in [1.54, 1.807) is 30.1 Å². The topological polar surface area (TPSA) is 85.2 Å². The molecule has 0 saturated heterocycles. The Morgan fingerprint density at radius 1 is 1.11 bits per heavy atom. The second-order valence-corrected chi connectivity index (χ2v) is 6.17. The SMILES string of the molecule is Cc1ccc2c(-c3n[nH]c(C(F)(F)F)n3)nn(Cc3cnc(C)nc3)c2c1. The summed E-state index contributed by atoms with van der Waals surface area (Å²) in [5.41, 5.74) is 2.87. The van der Waals surface area contributed by atoms with Crippen LogP contribution in [0.1, 0.15) is 22.8 Å². The quantitative estimate of drug-likeness (QED) is 0.596. The van der Waals surface area contributed by atoms with Crippen molar-refractivity contribution in [2.24, 2.45) is 0 Å². The van der Waals surface area contributed by atoms with Crippen LogP contribution in [0.3, 0.4) is 0 Å². The minimum absolute atomic E-state index is 0.102. The van der Waals surface area contributed by atoms with E-state index in [1.807, 2.05) is 24.2 Å². The summed E-state index contributed by atoms with van der Waals surface area (Å²) in [6, 6.07) is 5.58. The van der Waals surface area contributed by atoms with E-state index in [9.17, 15) is 13.2 Å². The smallest absolute Gasteiger partial charge is 0.260 e. The largest absolute Gasteiger partial charge is 0.451 e. The number of aryl methyl sites for hydroxylation is 2. The average molecular weight is 373 g/mol. The zero-order chi connectivity index (χ0) is 19.2. The molecule has 138 valence electrons. The predicted octanol–water partition coefficient (Wildman–Crippen LogP) is 3.30. The zero-order valence-electron chi connectivity index (χ0n) is 14.4. The number of aromatic amines is 1. The first kappa shape index (κ1) is 17.1. The van der Waals surface area contributed by atoms with Crippen molar-refractivity contribution in [3.63, 3.8) is 0 Å². The molecule has 0 saturated carbocycles. The number of fused-ring (bicyclic) bond motifs is 1. The van der Waals surface area contributed by atoms with Crippen molar-refractivity contribution < 1.29 is 13.2 Å². The van der Waals surface area contributed by atoms with E-state index in [4.69, 9.17) is 0 Å². The van der Waals surface area contributed by atoms with E-state index in [-0.39, 0.29) is 11.5 Å². The number of alkyl halides is 3. The minimum atomic E-state index is -4.60. The third-order valence-corrected chi connectivity index (χ3v) is 4.04. The average Bonchev–Trinajstić information content (AvgIpc) is 3.22. The van der Waals surface area contributed by atoms with Gasteiger partial charge in [0.25, 0.3) is 0 Å². The summed E-state index contributed by atoms with van der Waals surface area (Å²) in [7, 11) is 0. The fourth-order valence-corrected chi connectivity index (χ4v) is 2.74. The van der Waals surface area contributed by atoms with Gasteiger partial charge in [0.15, 0.2) is 0 Å². The molecule has 0 amide bonds. The van der Waals surface area contributed by atoms with E-state index < -0.39 is 12.0 Å². The van der Waals surface area contributed by atoms with Crippen LogP contribution in [0.25, 0.3) is 22.4 Å². The first-order valence-corrected chi connectivity index (χ1v) is 8.06. The maximum atomic E-state index is 12.8. The van der Waals surface area contributed by atoms with Gasteiger partial charge in [-0.05, 0) is 25.5 Å². The van der Waals surface area contributed by atoms with Gasteiger partial charge in [-0.25, -0.2) is 15.0 Å². The Bertz CT molecular complexity index is 1110. The Hall–Kier alpha value is -3.30. The summed E-state index contributed by atoms with van der Waals surface area (Å²) in [5.74, 6) is -0.602. The van der Waals surface area contributed by atoms with E-state index in [0.29, 0.717) is 17.8 Å². The molecule has 0 fully saturated rings. The third-order valence-electron chi connectivity index (χ3n) is 4.04.